The van der Waals surface area contributed by atoms with Gasteiger partial charge in [-0.25, -0.2) is 0 Å². The monoisotopic (exact) mass is 275 g/mol. The van der Waals surface area contributed by atoms with Crippen molar-refractivity contribution in [2.45, 2.75) is 52.1 Å². The number of nitrogens with zero attached hydrogens (tertiary/aromatic N) is 2. The lowest BCUT2D eigenvalue weighted by atomic mass is 9.74. The molecule has 0 aliphatic carbocycles. The molecule has 1 fully saturated rings. The summed E-state index contributed by atoms with van der Waals surface area (Å²) in [5, 5.41) is 0. The minimum Gasteiger partial charge on any atom is -0.335 e. The topological polar surface area (TPSA) is 59.2 Å². The third-order valence-corrected chi connectivity index (χ3v) is 4.73. The van der Waals surface area contributed by atoms with Crippen LogP contribution in [0, 0.1) is 5.41 Å². The minimum atomic E-state index is -0.586. The molecule has 20 heavy (non-hydrogen) atoms. The molecule has 0 saturated carbocycles. The second-order valence-electron chi connectivity index (χ2n) is 6.79. The predicted molar refractivity (Wildman–Crippen MR) is 80.0 cm³/mol. The molecule has 0 aromatic carbocycles. The summed E-state index contributed by atoms with van der Waals surface area (Å²) in [5.74, 6) is 0.136. The fourth-order valence-electron chi connectivity index (χ4n) is 2.56. The SMILES string of the molecule is CC(C)(N)C(C)(C)C(=O)N1CCCC1c1cccnc1. The highest BCUT2D eigenvalue weighted by Gasteiger charge is 2.45. The van der Waals surface area contributed by atoms with Crippen LogP contribution in [0.4, 0.5) is 0 Å². The van der Waals surface area contributed by atoms with Gasteiger partial charge in [-0.1, -0.05) is 6.07 Å². The van der Waals surface area contributed by atoms with Crippen molar-refractivity contribution in [3.8, 4) is 0 Å². The van der Waals surface area contributed by atoms with E-state index in [1.165, 1.54) is 0 Å². The molecule has 0 radical (unpaired) electrons. The van der Waals surface area contributed by atoms with Gasteiger partial charge < -0.3 is 10.6 Å². The zero-order valence-corrected chi connectivity index (χ0v) is 12.9. The maximum Gasteiger partial charge on any atom is 0.230 e. The largest absolute Gasteiger partial charge is 0.335 e. The number of rotatable bonds is 3. The Hall–Kier alpha value is -1.42. The van der Waals surface area contributed by atoms with Crippen LogP contribution in [0.5, 0.6) is 0 Å². The Morgan fingerprint density at radius 2 is 2.10 bits per heavy atom. The number of nitrogens with two attached hydrogens (primary N) is 1. The quantitative estimate of drug-likeness (QED) is 0.922. The molecular weight excluding hydrogens is 250 g/mol. The van der Waals surface area contributed by atoms with Crippen LogP contribution in [0.15, 0.2) is 24.5 Å². The molecule has 110 valence electrons. The molecule has 1 saturated heterocycles. The first kappa shape index (κ1) is 15.0. The fraction of sp³-hybridized carbons (Fsp3) is 0.625. The Morgan fingerprint density at radius 3 is 2.65 bits per heavy atom. The van der Waals surface area contributed by atoms with Crippen molar-refractivity contribution in [3.63, 3.8) is 0 Å². The lowest BCUT2D eigenvalue weighted by Crippen LogP contribution is -2.56. The van der Waals surface area contributed by atoms with Crippen LogP contribution < -0.4 is 5.73 Å². The number of carbonyl (C=O) groups excluding carboxylic acids is 1. The summed E-state index contributed by atoms with van der Waals surface area (Å²) in [6.07, 6.45) is 5.65. The third-order valence-electron chi connectivity index (χ3n) is 4.73. The molecule has 2 N–H and O–H groups in total. The van der Waals surface area contributed by atoms with Crippen molar-refractivity contribution in [2.24, 2.45) is 11.1 Å². The zero-order chi connectivity index (χ0) is 15.0. The molecule has 1 atom stereocenters. The highest BCUT2D eigenvalue weighted by atomic mass is 16.2. The van der Waals surface area contributed by atoms with E-state index in [1.54, 1.807) is 6.20 Å². The lowest BCUT2D eigenvalue weighted by Gasteiger charge is -2.41. The van der Waals surface area contributed by atoms with Gasteiger partial charge in [-0.05, 0) is 52.2 Å². The van der Waals surface area contributed by atoms with Crippen LogP contribution in [-0.2, 0) is 4.79 Å². The minimum absolute atomic E-state index is 0.136. The standard InChI is InChI=1S/C16H25N3O/c1-15(2,16(3,4)17)14(20)19-10-6-8-13(19)12-7-5-9-18-11-12/h5,7,9,11,13H,6,8,10,17H2,1-4H3. The lowest BCUT2D eigenvalue weighted by molar-refractivity contribution is -0.144. The van der Waals surface area contributed by atoms with E-state index in [4.69, 9.17) is 5.73 Å². The van der Waals surface area contributed by atoms with Crippen LogP contribution in [-0.4, -0.2) is 27.9 Å². The van der Waals surface area contributed by atoms with Gasteiger partial charge in [0.05, 0.1) is 11.5 Å². The maximum absolute atomic E-state index is 12.9. The molecular formula is C16H25N3O. The molecule has 1 aromatic heterocycles. The van der Waals surface area contributed by atoms with Crippen molar-refractivity contribution in [2.75, 3.05) is 6.54 Å². The first-order valence-electron chi connectivity index (χ1n) is 7.25. The molecule has 2 heterocycles. The number of hydrogen-bond donors (Lipinski definition) is 1. The predicted octanol–water partition coefficient (Wildman–Crippen LogP) is 2.51. The summed E-state index contributed by atoms with van der Waals surface area (Å²) < 4.78 is 0. The van der Waals surface area contributed by atoms with E-state index in [1.807, 2.05) is 50.9 Å². The summed E-state index contributed by atoms with van der Waals surface area (Å²) in [5.41, 5.74) is 6.19. The molecule has 0 spiro atoms. The molecule has 1 unspecified atom stereocenters. The van der Waals surface area contributed by atoms with Gasteiger partial charge in [-0.3, -0.25) is 9.78 Å². The number of hydrogen-bond acceptors (Lipinski definition) is 3. The Kier molecular flexibility index (Phi) is 3.87. The van der Waals surface area contributed by atoms with E-state index < -0.39 is 11.0 Å². The van der Waals surface area contributed by atoms with Crippen LogP contribution in [0.3, 0.4) is 0 Å². The van der Waals surface area contributed by atoms with Gasteiger partial charge in [0.25, 0.3) is 0 Å². The van der Waals surface area contributed by atoms with Crippen molar-refractivity contribution < 1.29 is 4.79 Å². The summed E-state index contributed by atoms with van der Waals surface area (Å²) in [6.45, 7) is 8.51. The number of pyridine rings is 1. The summed E-state index contributed by atoms with van der Waals surface area (Å²) in [4.78, 5) is 19.1. The van der Waals surface area contributed by atoms with E-state index in [2.05, 4.69) is 4.98 Å². The van der Waals surface area contributed by atoms with E-state index in [0.717, 1.165) is 24.9 Å². The zero-order valence-electron chi connectivity index (χ0n) is 12.9. The second-order valence-corrected chi connectivity index (χ2v) is 6.79. The molecule has 4 heteroatoms. The Morgan fingerprint density at radius 1 is 1.40 bits per heavy atom. The highest BCUT2D eigenvalue weighted by Crippen LogP contribution is 2.38. The second kappa shape index (κ2) is 5.17. The number of amides is 1. The van der Waals surface area contributed by atoms with Crippen molar-refractivity contribution in [1.29, 1.82) is 0 Å². The molecule has 0 bridgehead atoms. The van der Waals surface area contributed by atoms with E-state index in [0.29, 0.717) is 0 Å². The van der Waals surface area contributed by atoms with Crippen LogP contribution in [0.1, 0.15) is 52.1 Å². The summed E-state index contributed by atoms with van der Waals surface area (Å²) in [7, 11) is 0. The van der Waals surface area contributed by atoms with Crippen LogP contribution >= 0.6 is 0 Å². The van der Waals surface area contributed by atoms with Crippen molar-refractivity contribution >= 4 is 5.91 Å². The van der Waals surface area contributed by atoms with Gasteiger partial charge >= 0.3 is 0 Å². The smallest absolute Gasteiger partial charge is 0.230 e. The van der Waals surface area contributed by atoms with Crippen molar-refractivity contribution in [1.82, 2.24) is 9.88 Å². The average Bonchev–Trinajstić information content (AvgIpc) is 2.86. The molecule has 1 aromatic rings. The Balaban J connectivity index is 2.26. The molecule has 1 aliphatic rings. The van der Waals surface area contributed by atoms with Crippen LogP contribution in [0.2, 0.25) is 0 Å². The average molecular weight is 275 g/mol. The number of likely N-dealkylation sites (tertiary alicyclic amines) is 1. The van der Waals surface area contributed by atoms with Gasteiger partial charge in [0, 0.05) is 24.5 Å². The molecule has 1 aliphatic heterocycles. The van der Waals surface area contributed by atoms with E-state index in [9.17, 15) is 4.79 Å². The first-order valence-corrected chi connectivity index (χ1v) is 7.25. The van der Waals surface area contributed by atoms with Gasteiger partial charge in [-0.2, -0.15) is 0 Å². The third kappa shape index (κ3) is 2.57. The molecule has 4 nitrogen and oxygen atoms in total. The number of aromatic nitrogens is 1. The summed E-state index contributed by atoms with van der Waals surface area (Å²) in [6, 6.07) is 4.11. The van der Waals surface area contributed by atoms with Crippen LogP contribution in [0.25, 0.3) is 0 Å². The number of carbonyl (C=O) groups is 1. The Labute approximate surface area is 121 Å². The van der Waals surface area contributed by atoms with E-state index >= 15 is 0 Å². The van der Waals surface area contributed by atoms with Gasteiger partial charge in [-0.15, -0.1) is 0 Å². The highest BCUT2D eigenvalue weighted by molar-refractivity contribution is 5.84. The summed E-state index contributed by atoms with van der Waals surface area (Å²) >= 11 is 0. The maximum atomic E-state index is 12.9. The van der Waals surface area contributed by atoms with Gasteiger partial charge in [0.15, 0.2) is 0 Å². The molecule has 2 rings (SSSR count). The van der Waals surface area contributed by atoms with Gasteiger partial charge in [0.1, 0.15) is 0 Å². The molecule has 1 amide bonds. The van der Waals surface area contributed by atoms with E-state index in [-0.39, 0.29) is 11.9 Å². The van der Waals surface area contributed by atoms with Crippen molar-refractivity contribution in [3.05, 3.63) is 30.1 Å². The first-order chi connectivity index (χ1) is 9.25. The Bertz CT molecular complexity index is 476. The van der Waals surface area contributed by atoms with Gasteiger partial charge in [0.2, 0.25) is 5.91 Å². The normalized spacial score (nSPS) is 20.2. The fourth-order valence-corrected chi connectivity index (χ4v) is 2.56.